The van der Waals surface area contributed by atoms with Crippen LogP contribution < -0.4 is 17.0 Å². The van der Waals surface area contributed by atoms with Crippen LogP contribution in [0.5, 0.6) is 0 Å². The standard InChI is InChI=1S/C11H22N4O2/c12-10(16)8-9-3-6-15(7-4-9)5-1-2-11(17)14-13/h9H,1-8,13H2,(H2,12,16)(H,14,17). The van der Waals surface area contributed by atoms with Gasteiger partial charge in [-0.25, -0.2) is 5.84 Å². The third-order valence-corrected chi connectivity index (χ3v) is 3.24. The lowest BCUT2D eigenvalue weighted by atomic mass is 9.93. The van der Waals surface area contributed by atoms with Crippen molar-refractivity contribution in [1.82, 2.24) is 10.3 Å². The van der Waals surface area contributed by atoms with Crippen LogP contribution in [0, 0.1) is 5.92 Å². The van der Waals surface area contributed by atoms with E-state index < -0.39 is 0 Å². The molecule has 1 rings (SSSR count). The minimum atomic E-state index is -0.205. The molecule has 0 aromatic carbocycles. The van der Waals surface area contributed by atoms with Gasteiger partial charge in [-0.2, -0.15) is 0 Å². The molecule has 0 spiro atoms. The van der Waals surface area contributed by atoms with Gasteiger partial charge in [-0.05, 0) is 44.8 Å². The summed E-state index contributed by atoms with van der Waals surface area (Å²) in [6.07, 6.45) is 3.84. The van der Waals surface area contributed by atoms with Gasteiger partial charge in [-0.1, -0.05) is 0 Å². The first kappa shape index (κ1) is 13.9. The van der Waals surface area contributed by atoms with Gasteiger partial charge in [-0.3, -0.25) is 15.0 Å². The van der Waals surface area contributed by atoms with E-state index in [4.69, 9.17) is 11.6 Å². The van der Waals surface area contributed by atoms with Crippen molar-refractivity contribution in [2.24, 2.45) is 17.5 Å². The smallest absolute Gasteiger partial charge is 0.233 e. The number of carbonyl (C=O) groups is 2. The number of hydrazine groups is 1. The molecule has 98 valence electrons. The van der Waals surface area contributed by atoms with Gasteiger partial charge in [-0.15, -0.1) is 0 Å². The van der Waals surface area contributed by atoms with Crippen LogP contribution in [0.2, 0.25) is 0 Å². The quantitative estimate of drug-likeness (QED) is 0.327. The highest BCUT2D eigenvalue weighted by molar-refractivity contribution is 5.75. The molecule has 1 heterocycles. The van der Waals surface area contributed by atoms with Gasteiger partial charge in [0.2, 0.25) is 11.8 Å². The van der Waals surface area contributed by atoms with Crippen molar-refractivity contribution >= 4 is 11.8 Å². The Hall–Kier alpha value is -1.14. The van der Waals surface area contributed by atoms with Gasteiger partial charge >= 0.3 is 0 Å². The van der Waals surface area contributed by atoms with Crippen LogP contribution >= 0.6 is 0 Å². The molecule has 0 saturated carbocycles. The molecule has 0 unspecified atom stereocenters. The molecular formula is C11H22N4O2. The molecule has 6 nitrogen and oxygen atoms in total. The van der Waals surface area contributed by atoms with Crippen LogP contribution in [-0.2, 0) is 9.59 Å². The van der Waals surface area contributed by atoms with Crippen molar-refractivity contribution in [3.8, 4) is 0 Å². The summed E-state index contributed by atoms with van der Waals surface area (Å²) in [5, 5.41) is 0. The topological polar surface area (TPSA) is 101 Å². The number of likely N-dealkylation sites (tertiary alicyclic amines) is 1. The number of carbonyl (C=O) groups excluding carboxylic acids is 2. The van der Waals surface area contributed by atoms with Gasteiger partial charge in [0.05, 0.1) is 0 Å². The summed E-state index contributed by atoms with van der Waals surface area (Å²) in [5.74, 6) is 5.12. The van der Waals surface area contributed by atoms with E-state index in [1.807, 2.05) is 0 Å². The largest absolute Gasteiger partial charge is 0.370 e. The molecule has 0 bridgehead atoms. The summed E-state index contributed by atoms with van der Waals surface area (Å²) in [7, 11) is 0. The summed E-state index contributed by atoms with van der Waals surface area (Å²) < 4.78 is 0. The van der Waals surface area contributed by atoms with Gasteiger partial charge < -0.3 is 10.6 Å². The third-order valence-electron chi connectivity index (χ3n) is 3.24. The minimum Gasteiger partial charge on any atom is -0.370 e. The molecule has 0 aliphatic carbocycles. The fourth-order valence-electron chi connectivity index (χ4n) is 2.23. The predicted octanol–water partition coefficient (Wildman–Crippen LogP) is -0.656. The molecule has 0 aromatic heterocycles. The van der Waals surface area contributed by atoms with E-state index in [1.54, 1.807) is 0 Å². The molecule has 17 heavy (non-hydrogen) atoms. The number of hydrogen-bond acceptors (Lipinski definition) is 4. The molecule has 2 amide bonds. The van der Waals surface area contributed by atoms with E-state index >= 15 is 0 Å². The number of nitrogens with zero attached hydrogens (tertiary/aromatic N) is 1. The molecule has 1 aliphatic rings. The number of primary amides is 1. The Balaban J connectivity index is 2.10. The maximum atomic E-state index is 10.9. The Morgan fingerprint density at radius 3 is 2.47 bits per heavy atom. The highest BCUT2D eigenvalue weighted by Crippen LogP contribution is 2.20. The summed E-state index contributed by atoms with van der Waals surface area (Å²) in [4.78, 5) is 24.0. The molecule has 1 aliphatic heterocycles. The first-order valence-electron chi connectivity index (χ1n) is 6.12. The predicted molar refractivity (Wildman–Crippen MR) is 64.5 cm³/mol. The maximum absolute atomic E-state index is 10.9. The van der Waals surface area contributed by atoms with E-state index in [0.717, 1.165) is 38.9 Å². The van der Waals surface area contributed by atoms with Gasteiger partial charge in [0.25, 0.3) is 0 Å². The first-order chi connectivity index (χ1) is 8.11. The van der Waals surface area contributed by atoms with Crippen molar-refractivity contribution in [2.45, 2.75) is 32.1 Å². The third kappa shape index (κ3) is 5.65. The molecule has 6 heteroatoms. The van der Waals surface area contributed by atoms with Crippen molar-refractivity contribution in [1.29, 1.82) is 0 Å². The Morgan fingerprint density at radius 1 is 1.29 bits per heavy atom. The highest BCUT2D eigenvalue weighted by Gasteiger charge is 2.20. The monoisotopic (exact) mass is 242 g/mol. The van der Waals surface area contributed by atoms with Gasteiger partial charge in [0.15, 0.2) is 0 Å². The van der Waals surface area contributed by atoms with E-state index in [9.17, 15) is 9.59 Å². The van der Waals surface area contributed by atoms with Crippen LogP contribution in [0.1, 0.15) is 32.1 Å². The lowest BCUT2D eigenvalue weighted by Gasteiger charge is -2.31. The second kappa shape index (κ2) is 7.24. The Kier molecular flexibility index (Phi) is 5.93. The minimum absolute atomic E-state index is 0.117. The molecule has 5 N–H and O–H groups in total. The first-order valence-corrected chi connectivity index (χ1v) is 6.12. The lowest BCUT2D eigenvalue weighted by Crippen LogP contribution is -2.36. The highest BCUT2D eigenvalue weighted by atomic mass is 16.2. The van der Waals surface area contributed by atoms with Crippen LogP contribution in [0.3, 0.4) is 0 Å². The van der Waals surface area contributed by atoms with Crippen molar-refractivity contribution < 1.29 is 9.59 Å². The van der Waals surface area contributed by atoms with Crippen molar-refractivity contribution in [3.05, 3.63) is 0 Å². The van der Waals surface area contributed by atoms with Crippen LogP contribution in [0.4, 0.5) is 0 Å². The maximum Gasteiger partial charge on any atom is 0.233 e. The zero-order chi connectivity index (χ0) is 12.7. The molecule has 1 fully saturated rings. The molecule has 0 aromatic rings. The number of nitrogens with two attached hydrogens (primary N) is 2. The fraction of sp³-hybridized carbons (Fsp3) is 0.818. The number of piperidine rings is 1. The Labute approximate surface area is 102 Å². The SMILES string of the molecule is NNC(=O)CCCN1CCC(CC(N)=O)CC1. The molecule has 1 saturated heterocycles. The Bertz CT molecular complexity index is 262. The van der Waals surface area contributed by atoms with E-state index in [1.165, 1.54) is 0 Å². The van der Waals surface area contributed by atoms with Crippen molar-refractivity contribution in [2.75, 3.05) is 19.6 Å². The van der Waals surface area contributed by atoms with Gasteiger partial charge in [0.1, 0.15) is 0 Å². The van der Waals surface area contributed by atoms with Crippen LogP contribution in [0.15, 0.2) is 0 Å². The number of nitrogens with one attached hydrogen (secondary N) is 1. The van der Waals surface area contributed by atoms with Crippen molar-refractivity contribution in [3.63, 3.8) is 0 Å². The molecule has 0 atom stereocenters. The van der Waals surface area contributed by atoms with Gasteiger partial charge in [0, 0.05) is 12.8 Å². The normalized spacial score (nSPS) is 17.9. The van der Waals surface area contributed by atoms with E-state index in [0.29, 0.717) is 18.8 Å². The molecular weight excluding hydrogens is 220 g/mol. The van der Waals surface area contributed by atoms with E-state index in [-0.39, 0.29) is 11.8 Å². The zero-order valence-electron chi connectivity index (χ0n) is 10.2. The van der Waals surface area contributed by atoms with Crippen LogP contribution in [-0.4, -0.2) is 36.3 Å². The summed E-state index contributed by atoms with van der Waals surface area (Å²) in [6.45, 7) is 2.89. The Morgan fingerprint density at radius 2 is 1.94 bits per heavy atom. The number of rotatable bonds is 6. The summed E-state index contributed by atoms with van der Waals surface area (Å²) >= 11 is 0. The molecule has 0 radical (unpaired) electrons. The second-order valence-corrected chi connectivity index (χ2v) is 4.63. The zero-order valence-corrected chi connectivity index (χ0v) is 10.2. The summed E-state index contributed by atoms with van der Waals surface area (Å²) in [5.41, 5.74) is 7.30. The number of hydrogen-bond donors (Lipinski definition) is 3. The van der Waals surface area contributed by atoms with E-state index in [2.05, 4.69) is 10.3 Å². The van der Waals surface area contributed by atoms with Crippen LogP contribution in [0.25, 0.3) is 0 Å². The fourth-order valence-corrected chi connectivity index (χ4v) is 2.23. The summed E-state index contributed by atoms with van der Waals surface area (Å²) in [6, 6.07) is 0. The lowest BCUT2D eigenvalue weighted by molar-refractivity contribution is -0.121. The second-order valence-electron chi connectivity index (χ2n) is 4.63. The average Bonchev–Trinajstić information content (AvgIpc) is 2.30. The average molecular weight is 242 g/mol. The number of amides is 2.